The monoisotopic (exact) mass is 401 g/mol. The average molecular weight is 402 g/mol. The summed E-state index contributed by atoms with van der Waals surface area (Å²) in [6, 6.07) is 10.9. The van der Waals surface area contributed by atoms with Gasteiger partial charge in [-0.2, -0.15) is 0 Å². The number of allylic oxidation sites excluding steroid dienone is 3. The van der Waals surface area contributed by atoms with E-state index in [9.17, 15) is 5.11 Å². The highest BCUT2D eigenvalue weighted by Gasteiger charge is 2.49. The van der Waals surface area contributed by atoms with Gasteiger partial charge < -0.3 is 5.11 Å². The highest BCUT2D eigenvalue weighted by Crippen LogP contribution is 2.51. The van der Waals surface area contributed by atoms with E-state index in [1.165, 1.54) is 21.9 Å². The Bertz CT molecular complexity index is 1070. The third kappa shape index (κ3) is 3.28. The van der Waals surface area contributed by atoms with Crippen molar-refractivity contribution in [1.29, 1.82) is 0 Å². The van der Waals surface area contributed by atoms with E-state index >= 15 is 0 Å². The van der Waals surface area contributed by atoms with Crippen molar-refractivity contribution in [2.24, 2.45) is 4.99 Å². The van der Waals surface area contributed by atoms with Crippen molar-refractivity contribution in [3.63, 3.8) is 0 Å². The summed E-state index contributed by atoms with van der Waals surface area (Å²) in [5, 5.41) is 12.5. The Balaban J connectivity index is 2.57. The molecule has 0 fully saturated rings. The Morgan fingerprint density at radius 1 is 1.17 bits per heavy atom. The van der Waals surface area contributed by atoms with E-state index in [0.717, 1.165) is 16.8 Å². The number of aliphatic hydroxyl groups is 1. The highest BCUT2D eigenvalue weighted by atomic mass is 16.3. The molecule has 2 atom stereocenters. The predicted molar refractivity (Wildman–Crippen MR) is 131 cm³/mol. The quantitative estimate of drug-likeness (QED) is 0.441. The van der Waals surface area contributed by atoms with Crippen LogP contribution in [0.4, 0.5) is 0 Å². The molecule has 2 heteroatoms. The number of fused-ring (bicyclic) bond motifs is 3. The van der Waals surface area contributed by atoms with Crippen molar-refractivity contribution >= 4 is 16.5 Å². The molecule has 2 aromatic rings. The zero-order chi connectivity index (χ0) is 22.3. The maximum Gasteiger partial charge on any atom is 0.0859 e. The summed E-state index contributed by atoms with van der Waals surface area (Å²) in [5.41, 5.74) is 4.49. The molecule has 2 unspecified atom stereocenters. The van der Waals surface area contributed by atoms with E-state index < -0.39 is 11.0 Å². The van der Waals surface area contributed by atoms with Crippen LogP contribution in [0.2, 0.25) is 0 Å². The summed E-state index contributed by atoms with van der Waals surface area (Å²) in [7, 11) is 0. The van der Waals surface area contributed by atoms with Crippen molar-refractivity contribution in [1.82, 2.24) is 0 Å². The second kappa shape index (κ2) is 7.67. The number of rotatable bonds is 5. The fraction of sp³-hybridized carbons (Fsp3) is 0.393. The standard InChI is InChI=1S/C28H35NO/c1-9-13-19(3)25-22-18-23(26(4,5)6)20-14-11-12-15-21(20)24(22)27(7,16-17-30)28(8,10-2)29-25/h9-15,18,30H,2-3,16-17H2,1,4-8H3/b13-9-. The van der Waals surface area contributed by atoms with E-state index in [1.54, 1.807) is 0 Å². The van der Waals surface area contributed by atoms with E-state index in [0.29, 0.717) is 6.42 Å². The summed E-state index contributed by atoms with van der Waals surface area (Å²) in [6.45, 7) is 21.7. The van der Waals surface area contributed by atoms with Crippen molar-refractivity contribution in [3.05, 3.63) is 84.0 Å². The van der Waals surface area contributed by atoms with Gasteiger partial charge in [0, 0.05) is 17.6 Å². The molecule has 1 aliphatic heterocycles. The number of aliphatic hydroxyl groups excluding tert-OH is 1. The number of aliphatic imine (C=N–C) groups is 1. The molecule has 0 saturated heterocycles. The van der Waals surface area contributed by atoms with Crippen LogP contribution in [-0.4, -0.2) is 23.0 Å². The van der Waals surface area contributed by atoms with E-state index in [2.05, 4.69) is 78.1 Å². The molecule has 30 heavy (non-hydrogen) atoms. The molecule has 0 spiro atoms. The fourth-order valence-corrected chi connectivity index (χ4v) is 4.84. The summed E-state index contributed by atoms with van der Waals surface area (Å²) in [4.78, 5) is 5.23. The van der Waals surface area contributed by atoms with Crippen LogP contribution >= 0.6 is 0 Å². The van der Waals surface area contributed by atoms with Gasteiger partial charge in [0.05, 0.1) is 11.3 Å². The molecule has 0 amide bonds. The maximum atomic E-state index is 10.0. The minimum atomic E-state index is -0.561. The van der Waals surface area contributed by atoms with Gasteiger partial charge in [-0.05, 0) is 59.2 Å². The number of benzene rings is 2. The van der Waals surface area contributed by atoms with Crippen LogP contribution in [0.5, 0.6) is 0 Å². The minimum Gasteiger partial charge on any atom is -0.396 e. The number of nitrogens with zero attached hydrogens (tertiary/aromatic N) is 1. The Hall–Kier alpha value is -2.45. The molecule has 1 aliphatic rings. The lowest BCUT2D eigenvalue weighted by atomic mass is 9.60. The predicted octanol–water partition coefficient (Wildman–Crippen LogP) is 6.66. The van der Waals surface area contributed by atoms with Crippen LogP contribution in [0.3, 0.4) is 0 Å². The van der Waals surface area contributed by atoms with Gasteiger partial charge in [0.15, 0.2) is 0 Å². The molecular formula is C28H35NO. The number of hydrogen-bond acceptors (Lipinski definition) is 2. The number of hydrogen-bond donors (Lipinski definition) is 1. The fourth-order valence-electron chi connectivity index (χ4n) is 4.84. The van der Waals surface area contributed by atoms with Crippen molar-refractivity contribution in [3.8, 4) is 0 Å². The smallest absolute Gasteiger partial charge is 0.0859 e. The first kappa shape index (κ1) is 22.2. The van der Waals surface area contributed by atoms with Gasteiger partial charge in [-0.15, -0.1) is 6.58 Å². The first-order valence-corrected chi connectivity index (χ1v) is 10.8. The molecule has 2 aromatic carbocycles. The van der Waals surface area contributed by atoms with Gasteiger partial charge in [0.25, 0.3) is 0 Å². The zero-order valence-corrected chi connectivity index (χ0v) is 19.3. The maximum absolute atomic E-state index is 10.0. The highest BCUT2D eigenvalue weighted by molar-refractivity contribution is 6.18. The normalized spacial score (nSPS) is 24.0. The van der Waals surface area contributed by atoms with Crippen LogP contribution in [0.1, 0.15) is 64.7 Å². The summed E-state index contributed by atoms with van der Waals surface area (Å²) in [6.07, 6.45) is 6.56. The molecule has 1 N–H and O–H groups in total. The van der Waals surface area contributed by atoms with Gasteiger partial charge in [-0.3, -0.25) is 4.99 Å². The molecule has 158 valence electrons. The van der Waals surface area contributed by atoms with Crippen LogP contribution in [0.25, 0.3) is 10.8 Å². The van der Waals surface area contributed by atoms with Crippen LogP contribution in [0.15, 0.2) is 72.3 Å². The molecular weight excluding hydrogens is 366 g/mol. The largest absolute Gasteiger partial charge is 0.396 e. The first-order valence-electron chi connectivity index (χ1n) is 10.8. The van der Waals surface area contributed by atoms with Gasteiger partial charge in [0.1, 0.15) is 0 Å². The van der Waals surface area contributed by atoms with Gasteiger partial charge in [-0.1, -0.05) is 76.8 Å². The van der Waals surface area contributed by atoms with Crippen molar-refractivity contribution < 1.29 is 5.11 Å². The summed E-state index contributed by atoms with van der Waals surface area (Å²) >= 11 is 0. The molecule has 1 heterocycles. The van der Waals surface area contributed by atoms with Crippen molar-refractivity contribution in [2.45, 2.75) is 64.3 Å². The molecule has 3 rings (SSSR count). The molecule has 2 nitrogen and oxygen atoms in total. The summed E-state index contributed by atoms with van der Waals surface area (Å²) in [5.74, 6) is 0. The second-order valence-corrected chi connectivity index (χ2v) is 9.79. The van der Waals surface area contributed by atoms with E-state index in [4.69, 9.17) is 4.99 Å². The SMILES string of the molecule is C=CC1(C)N=C(C(=C)/C=C\C)c2cc(C(C)(C)C)c3ccccc3c2C1(C)CCO. The third-order valence-electron chi connectivity index (χ3n) is 6.80. The van der Waals surface area contributed by atoms with Crippen molar-refractivity contribution in [2.75, 3.05) is 6.61 Å². The molecule has 0 aliphatic carbocycles. The lowest BCUT2D eigenvalue weighted by molar-refractivity contribution is 0.204. The Kier molecular flexibility index (Phi) is 5.68. The van der Waals surface area contributed by atoms with Crippen LogP contribution in [0, 0.1) is 0 Å². The molecule has 0 aromatic heterocycles. The van der Waals surface area contributed by atoms with Gasteiger partial charge in [-0.25, -0.2) is 0 Å². The van der Waals surface area contributed by atoms with Gasteiger partial charge >= 0.3 is 0 Å². The van der Waals surface area contributed by atoms with E-state index in [1.807, 2.05) is 25.2 Å². The Morgan fingerprint density at radius 3 is 2.33 bits per heavy atom. The summed E-state index contributed by atoms with van der Waals surface area (Å²) < 4.78 is 0. The average Bonchev–Trinajstić information content (AvgIpc) is 2.69. The third-order valence-corrected chi connectivity index (χ3v) is 6.80. The molecule has 0 radical (unpaired) electrons. The topological polar surface area (TPSA) is 32.6 Å². The van der Waals surface area contributed by atoms with Crippen LogP contribution in [-0.2, 0) is 10.8 Å². The minimum absolute atomic E-state index is 0.0196. The first-order chi connectivity index (χ1) is 14.0. The van der Waals surface area contributed by atoms with E-state index in [-0.39, 0.29) is 12.0 Å². The molecule has 0 bridgehead atoms. The van der Waals surface area contributed by atoms with Crippen LogP contribution < -0.4 is 0 Å². The Labute approximate surface area is 181 Å². The lowest BCUT2D eigenvalue weighted by Gasteiger charge is -2.48. The lowest BCUT2D eigenvalue weighted by Crippen LogP contribution is -2.49. The second-order valence-electron chi connectivity index (χ2n) is 9.79. The van der Waals surface area contributed by atoms with Gasteiger partial charge in [0.2, 0.25) is 0 Å². The Morgan fingerprint density at radius 2 is 1.80 bits per heavy atom. The zero-order valence-electron chi connectivity index (χ0n) is 19.3. The molecule has 0 saturated carbocycles.